The Morgan fingerprint density at radius 2 is 2.13 bits per heavy atom. The van der Waals surface area contributed by atoms with Gasteiger partial charge in [-0.1, -0.05) is 6.92 Å². The van der Waals surface area contributed by atoms with Gasteiger partial charge in [0.15, 0.2) is 0 Å². The molecular weight excluding hydrogens is 214 g/mol. The standard InChI is InChI=1S/C10H16ClN3O/c1-6(5-15)8(3)13-9-4-7(2)12-10(11)14-9/h4,6,8,15H,5H2,1-3H3,(H,12,13,14). The topological polar surface area (TPSA) is 58.0 Å². The van der Waals surface area contributed by atoms with Crippen molar-refractivity contribution < 1.29 is 5.11 Å². The van der Waals surface area contributed by atoms with Crippen molar-refractivity contribution in [3.8, 4) is 0 Å². The van der Waals surface area contributed by atoms with Crippen LogP contribution in [0.15, 0.2) is 6.07 Å². The summed E-state index contributed by atoms with van der Waals surface area (Å²) >= 11 is 5.74. The molecule has 0 saturated heterocycles. The Bertz CT molecular complexity index is 312. The highest BCUT2D eigenvalue weighted by Gasteiger charge is 2.11. The van der Waals surface area contributed by atoms with Crippen LogP contribution in [0.3, 0.4) is 0 Å². The van der Waals surface area contributed by atoms with E-state index in [1.165, 1.54) is 0 Å². The first-order valence-corrected chi connectivity index (χ1v) is 5.29. The van der Waals surface area contributed by atoms with Crippen LogP contribution in [0, 0.1) is 12.8 Å². The fraction of sp³-hybridized carbons (Fsp3) is 0.600. The van der Waals surface area contributed by atoms with Gasteiger partial charge in [-0.05, 0) is 31.4 Å². The third kappa shape index (κ3) is 3.64. The van der Waals surface area contributed by atoms with E-state index in [1.54, 1.807) is 0 Å². The Labute approximate surface area is 94.7 Å². The van der Waals surface area contributed by atoms with Gasteiger partial charge in [0.05, 0.1) is 0 Å². The number of hydrogen-bond acceptors (Lipinski definition) is 4. The van der Waals surface area contributed by atoms with Gasteiger partial charge in [0, 0.05) is 24.4 Å². The first-order valence-electron chi connectivity index (χ1n) is 4.91. The highest BCUT2D eigenvalue weighted by atomic mass is 35.5. The Kier molecular flexibility index (Phi) is 4.29. The number of nitrogens with one attached hydrogen (secondary N) is 1. The van der Waals surface area contributed by atoms with Crippen molar-refractivity contribution in [3.05, 3.63) is 17.0 Å². The van der Waals surface area contributed by atoms with Crippen LogP contribution < -0.4 is 5.32 Å². The summed E-state index contributed by atoms with van der Waals surface area (Å²) in [6.07, 6.45) is 0. The second-order valence-corrected chi connectivity index (χ2v) is 4.09. The highest BCUT2D eigenvalue weighted by Crippen LogP contribution is 2.13. The van der Waals surface area contributed by atoms with Crippen molar-refractivity contribution in [2.45, 2.75) is 26.8 Å². The van der Waals surface area contributed by atoms with E-state index in [9.17, 15) is 0 Å². The maximum Gasteiger partial charge on any atom is 0.224 e. The first kappa shape index (κ1) is 12.2. The molecule has 0 aromatic carbocycles. The second-order valence-electron chi connectivity index (χ2n) is 3.76. The molecule has 0 aliphatic rings. The molecule has 1 heterocycles. The van der Waals surface area contributed by atoms with Gasteiger partial charge >= 0.3 is 0 Å². The largest absolute Gasteiger partial charge is 0.396 e. The number of aliphatic hydroxyl groups is 1. The van der Waals surface area contributed by atoms with Gasteiger partial charge in [0.25, 0.3) is 0 Å². The second kappa shape index (κ2) is 5.28. The predicted octanol–water partition coefficient (Wildman–Crippen LogP) is 1.87. The fourth-order valence-electron chi connectivity index (χ4n) is 1.14. The molecular formula is C10H16ClN3O. The summed E-state index contributed by atoms with van der Waals surface area (Å²) in [5.74, 6) is 0.861. The minimum atomic E-state index is 0.139. The number of halogens is 1. The van der Waals surface area contributed by atoms with Gasteiger partial charge in [0.1, 0.15) is 5.82 Å². The molecule has 0 spiro atoms. The minimum absolute atomic E-state index is 0.139. The Morgan fingerprint density at radius 1 is 1.47 bits per heavy atom. The van der Waals surface area contributed by atoms with Gasteiger partial charge in [0.2, 0.25) is 5.28 Å². The van der Waals surface area contributed by atoms with Crippen molar-refractivity contribution in [1.29, 1.82) is 0 Å². The van der Waals surface area contributed by atoms with E-state index in [2.05, 4.69) is 15.3 Å². The smallest absolute Gasteiger partial charge is 0.224 e. The maximum absolute atomic E-state index is 8.99. The van der Waals surface area contributed by atoms with E-state index in [4.69, 9.17) is 16.7 Å². The minimum Gasteiger partial charge on any atom is -0.396 e. The molecule has 0 radical (unpaired) electrons. The van der Waals surface area contributed by atoms with Crippen LogP contribution in [0.1, 0.15) is 19.5 Å². The zero-order valence-electron chi connectivity index (χ0n) is 9.16. The van der Waals surface area contributed by atoms with Crippen molar-refractivity contribution >= 4 is 17.4 Å². The molecule has 0 bridgehead atoms. The van der Waals surface area contributed by atoms with E-state index in [1.807, 2.05) is 26.8 Å². The Hall–Kier alpha value is -0.870. The molecule has 15 heavy (non-hydrogen) atoms. The van der Waals surface area contributed by atoms with Gasteiger partial charge in [-0.3, -0.25) is 0 Å². The van der Waals surface area contributed by atoms with Crippen LogP contribution in [0.25, 0.3) is 0 Å². The number of anilines is 1. The van der Waals surface area contributed by atoms with E-state index in [0.29, 0.717) is 5.82 Å². The van der Waals surface area contributed by atoms with Crippen LogP contribution in [-0.2, 0) is 0 Å². The van der Waals surface area contributed by atoms with E-state index in [-0.39, 0.29) is 23.9 Å². The number of rotatable bonds is 4. The summed E-state index contributed by atoms with van der Waals surface area (Å²) in [5.41, 5.74) is 0.821. The van der Waals surface area contributed by atoms with Gasteiger partial charge in [-0.15, -0.1) is 0 Å². The molecule has 4 nitrogen and oxygen atoms in total. The number of aliphatic hydroxyl groups excluding tert-OH is 1. The summed E-state index contributed by atoms with van der Waals surface area (Å²) in [6, 6.07) is 1.97. The van der Waals surface area contributed by atoms with Crippen molar-refractivity contribution in [2.75, 3.05) is 11.9 Å². The first-order chi connectivity index (χ1) is 7.02. The van der Waals surface area contributed by atoms with E-state index < -0.39 is 0 Å². The molecule has 2 N–H and O–H groups in total. The van der Waals surface area contributed by atoms with Gasteiger partial charge in [-0.2, -0.15) is 0 Å². The molecule has 2 unspecified atom stereocenters. The lowest BCUT2D eigenvalue weighted by molar-refractivity contribution is 0.226. The molecule has 0 fully saturated rings. The zero-order chi connectivity index (χ0) is 11.4. The monoisotopic (exact) mass is 229 g/mol. The summed E-state index contributed by atoms with van der Waals surface area (Å²) in [5, 5.41) is 12.4. The van der Waals surface area contributed by atoms with Gasteiger partial charge < -0.3 is 10.4 Å². The number of aromatic nitrogens is 2. The van der Waals surface area contributed by atoms with Crippen molar-refractivity contribution in [1.82, 2.24) is 9.97 Å². The molecule has 84 valence electrons. The van der Waals surface area contributed by atoms with E-state index >= 15 is 0 Å². The van der Waals surface area contributed by atoms with Crippen LogP contribution in [0.4, 0.5) is 5.82 Å². The normalized spacial score (nSPS) is 14.7. The van der Waals surface area contributed by atoms with Crippen LogP contribution >= 0.6 is 11.6 Å². The molecule has 1 rings (SSSR count). The average Bonchev–Trinajstić information content (AvgIpc) is 2.14. The molecule has 0 saturated carbocycles. The number of hydrogen-bond donors (Lipinski definition) is 2. The quantitative estimate of drug-likeness (QED) is 0.774. The molecule has 5 heteroatoms. The SMILES string of the molecule is Cc1cc(NC(C)C(C)CO)nc(Cl)n1. The van der Waals surface area contributed by atoms with Crippen LogP contribution in [-0.4, -0.2) is 27.7 Å². The summed E-state index contributed by atoms with van der Waals surface area (Å²) in [7, 11) is 0. The molecule has 2 atom stereocenters. The molecule has 0 amide bonds. The number of nitrogens with zero attached hydrogens (tertiary/aromatic N) is 2. The lowest BCUT2D eigenvalue weighted by atomic mass is 10.1. The molecule has 1 aromatic heterocycles. The molecule has 0 aliphatic carbocycles. The van der Waals surface area contributed by atoms with Crippen LogP contribution in [0.2, 0.25) is 5.28 Å². The summed E-state index contributed by atoms with van der Waals surface area (Å²) < 4.78 is 0. The predicted molar refractivity (Wildman–Crippen MR) is 61.1 cm³/mol. The fourth-order valence-corrected chi connectivity index (χ4v) is 1.36. The zero-order valence-corrected chi connectivity index (χ0v) is 9.91. The van der Waals surface area contributed by atoms with Crippen molar-refractivity contribution in [3.63, 3.8) is 0 Å². The van der Waals surface area contributed by atoms with Gasteiger partial charge in [-0.25, -0.2) is 9.97 Å². The summed E-state index contributed by atoms with van der Waals surface area (Å²) in [6.45, 7) is 5.96. The maximum atomic E-state index is 8.99. The highest BCUT2D eigenvalue weighted by molar-refractivity contribution is 6.28. The number of aryl methyl sites for hydroxylation is 1. The lowest BCUT2D eigenvalue weighted by Gasteiger charge is -2.19. The third-order valence-corrected chi connectivity index (χ3v) is 2.51. The Balaban J connectivity index is 2.72. The summed E-state index contributed by atoms with van der Waals surface area (Å²) in [4.78, 5) is 8.02. The Morgan fingerprint density at radius 3 is 2.67 bits per heavy atom. The van der Waals surface area contributed by atoms with Crippen molar-refractivity contribution in [2.24, 2.45) is 5.92 Å². The molecule has 0 aliphatic heterocycles. The lowest BCUT2D eigenvalue weighted by Crippen LogP contribution is -2.26. The average molecular weight is 230 g/mol. The molecule has 1 aromatic rings. The third-order valence-electron chi connectivity index (χ3n) is 2.34. The van der Waals surface area contributed by atoms with Crippen LogP contribution in [0.5, 0.6) is 0 Å². The van der Waals surface area contributed by atoms with E-state index in [0.717, 1.165) is 5.69 Å².